The molecule has 0 radical (unpaired) electrons. The normalized spacial score (nSPS) is 18.7. The van der Waals surface area contributed by atoms with Gasteiger partial charge in [0, 0.05) is 17.6 Å². The number of aryl methyl sites for hydroxylation is 1. The minimum absolute atomic E-state index is 0.00301. The molecule has 0 bridgehead atoms. The summed E-state index contributed by atoms with van der Waals surface area (Å²) in [5.74, 6) is 0.00301. The van der Waals surface area contributed by atoms with Gasteiger partial charge in [-0.1, -0.05) is 18.2 Å². The van der Waals surface area contributed by atoms with Crippen LogP contribution in [0.5, 0.6) is 0 Å². The third-order valence-corrected chi connectivity index (χ3v) is 3.92. The highest BCUT2D eigenvalue weighted by molar-refractivity contribution is 6.06. The van der Waals surface area contributed by atoms with Gasteiger partial charge < -0.3 is 10.0 Å². The van der Waals surface area contributed by atoms with Crippen molar-refractivity contribution in [3.63, 3.8) is 0 Å². The van der Waals surface area contributed by atoms with E-state index in [1.165, 1.54) is 0 Å². The highest BCUT2D eigenvalue weighted by atomic mass is 16.3. The van der Waals surface area contributed by atoms with Crippen LogP contribution in [0.25, 0.3) is 10.9 Å². The number of rotatable bonds is 2. The maximum Gasteiger partial charge on any atom is 0.254 e. The molecule has 2 heterocycles. The summed E-state index contributed by atoms with van der Waals surface area (Å²) in [6.07, 6.45) is 1.84. The van der Waals surface area contributed by atoms with E-state index in [0.717, 1.165) is 36.0 Å². The summed E-state index contributed by atoms with van der Waals surface area (Å²) in [5, 5.41) is 10.3. The summed E-state index contributed by atoms with van der Waals surface area (Å²) in [7, 11) is 0. The van der Waals surface area contributed by atoms with E-state index in [2.05, 4.69) is 4.98 Å². The Morgan fingerprint density at radius 3 is 3.05 bits per heavy atom. The van der Waals surface area contributed by atoms with E-state index in [1.807, 2.05) is 37.3 Å². The van der Waals surface area contributed by atoms with Crippen molar-refractivity contribution in [2.45, 2.75) is 25.8 Å². The quantitative estimate of drug-likeness (QED) is 0.909. The van der Waals surface area contributed by atoms with Crippen molar-refractivity contribution in [3.8, 4) is 0 Å². The molecular formula is C16H18N2O2. The molecule has 0 saturated carbocycles. The van der Waals surface area contributed by atoms with Crippen molar-refractivity contribution in [1.29, 1.82) is 0 Å². The van der Waals surface area contributed by atoms with Gasteiger partial charge in [-0.25, -0.2) is 0 Å². The molecule has 1 aromatic carbocycles. The van der Waals surface area contributed by atoms with E-state index in [9.17, 15) is 9.90 Å². The largest absolute Gasteiger partial charge is 0.394 e. The number of para-hydroxylation sites is 1. The Balaban J connectivity index is 2.07. The standard InChI is InChI=1S/C16H18N2O2/c1-11-9-14(13-6-2-3-7-15(13)17-11)16(20)18-8-4-5-12(18)10-19/h2-3,6-7,9,12,19H,4-5,8,10H2,1H3/t12-/m0/s1. The monoisotopic (exact) mass is 270 g/mol. The number of nitrogens with zero attached hydrogens (tertiary/aromatic N) is 2. The predicted octanol–water partition coefficient (Wildman–Crippen LogP) is 2.14. The first-order valence-electron chi connectivity index (χ1n) is 6.99. The average Bonchev–Trinajstić information content (AvgIpc) is 2.94. The Bertz CT molecular complexity index is 654. The molecule has 1 fully saturated rings. The van der Waals surface area contributed by atoms with Crippen LogP contribution < -0.4 is 0 Å². The van der Waals surface area contributed by atoms with Crippen molar-refractivity contribution in [3.05, 3.63) is 41.6 Å². The number of hydrogen-bond acceptors (Lipinski definition) is 3. The molecule has 1 aromatic heterocycles. The minimum Gasteiger partial charge on any atom is -0.394 e. The van der Waals surface area contributed by atoms with Gasteiger partial charge in [0.1, 0.15) is 0 Å². The SMILES string of the molecule is Cc1cc(C(=O)N2CCC[C@H]2CO)c2ccccc2n1. The molecule has 1 N–H and O–H groups in total. The summed E-state index contributed by atoms with van der Waals surface area (Å²) in [6, 6.07) is 9.50. The number of benzene rings is 1. The fourth-order valence-electron chi connectivity index (χ4n) is 2.93. The zero-order valence-corrected chi connectivity index (χ0v) is 11.5. The lowest BCUT2D eigenvalue weighted by atomic mass is 10.1. The molecule has 104 valence electrons. The Hall–Kier alpha value is -1.94. The number of likely N-dealkylation sites (tertiary alicyclic amines) is 1. The molecule has 4 nitrogen and oxygen atoms in total. The first kappa shape index (κ1) is 13.1. The highest BCUT2D eigenvalue weighted by Gasteiger charge is 2.29. The van der Waals surface area contributed by atoms with Gasteiger partial charge in [-0.15, -0.1) is 0 Å². The fraction of sp³-hybridized carbons (Fsp3) is 0.375. The van der Waals surface area contributed by atoms with Crippen LogP contribution in [0.1, 0.15) is 28.9 Å². The van der Waals surface area contributed by atoms with Crippen LogP contribution in [0, 0.1) is 6.92 Å². The molecule has 0 unspecified atom stereocenters. The molecule has 20 heavy (non-hydrogen) atoms. The Kier molecular flexibility index (Phi) is 3.40. The highest BCUT2D eigenvalue weighted by Crippen LogP contribution is 2.24. The van der Waals surface area contributed by atoms with E-state index in [4.69, 9.17) is 0 Å². The third-order valence-electron chi connectivity index (χ3n) is 3.92. The smallest absolute Gasteiger partial charge is 0.254 e. The lowest BCUT2D eigenvalue weighted by Gasteiger charge is -2.23. The molecular weight excluding hydrogens is 252 g/mol. The van der Waals surface area contributed by atoms with E-state index in [0.29, 0.717) is 5.56 Å². The number of carbonyl (C=O) groups is 1. The van der Waals surface area contributed by atoms with Gasteiger partial charge in [0.2, 0.25) is 0 Å². The zero-order chi connectivity index (χ0) is 14.1. The van der Waals surface area contributed by atoms with Gasteiger partial charge in [0.25, 0.3) is 5.91 Å². The molecule has 1 saturated heterocycles. The molecule has 1 aliphatic heterocycles. The predicted molar refractivity (Wildman–Crippen MR) is 77.6 cm³/mol. The summed E-state index contributed by atoms with van der Waals surface area (Å²) in [5.41, 5.74) is 2.37. The molecule has 0 aliphatic carbocycles. The molecule has 1 amide bonds. The molecule has 1 aliphatic rings. The molecule has 1 atom stereocenters. The minimum atomic E-state index is -0.0465. The molecule has 2 aromatic rings. The Morgan fingerprint density at radius 2 is 2.25 bits per heavy atom. The van der Waals surface area contributed by atoms with Crippen LogP contribution in [0.3, 0.4) is 0 Å². The number of carbonyl (C=O) groups excluding carboxylic acids is 1. The topological polar surface area (TPSA) is 53.4 Å². The number of fused-ring (bicyclic) bond motifs is 1. The van der Waals surface area contributed by atoms with E-state index in [-0.39, 0.29) is 18.6 Å². The molecule has 3 rings (SSSR count). The summed E-state index contributed by atoms with van der Waals surface area (Å²) >= 11 is 0. The average molecular weight is 270 g/mol. The van der Waals surface area contributed by atoms with Crippen LogP contribution in [-0.4, -0.2) is 40.1 Å². The van der Waals surface area contributed by atoms with E-state index in [1.54, 1.807) is 4.90 Å². The summed E-state index contributed by atoms with van der Waals surface area (Å²) < 4.78 is 0. The fourth-order valence-corrected chi connectivity index (χ4v) is 2.93. The van der Waals surface area contributed by atoms with Crippen LogP contribution >= 0.6 is 0 Å². The van der Waals surface area contributed by atoms with Gasteiger partial charge in [-0.05, 0) is 31.9 Å². The molecule has 4 heteroatoms. The first-order valence-corrected chi connectivity index (χ1v) is 6.99. The van der Waals surface area contributed by atoms with Gasteiger partial charge in [0.15, 0.2) is 0 Å². The van der Waals surface area contributed by atoms with Crippen molar-refractivity contribution < 1.29 is 9.90 Å². The van der Waals surface area contributed by atoms with Crippen molar-refractivity contribution in [1.82, 2.24) is 9.88 Å². The van der Waals surface area contributed by atoms with Crippen molar-refractivity contribution in [2.75, 3.05) is 13.2 Å². The number of amides is 1. The molecule has 0 spiro atoms. The lowest BCUT2D eigenvalue weighted by molar-refractivity contribution is 0.0679. The van der Waals surface area contributed by atoms with Gasteiger partial charge in [-0.2, -0.15) is 0 Å². The van der Waals surface area contributed by atoms with Crippen LogP contribution in [0.4, 0.5) is 0 Å². The van der Waals surface area contributed by atoms with Crippen molar-refractivity contribution in [2.24, 2.45) is 0 Å². The van der Waals surface area contributed by atoms with Crippen LogP contribution in [0.2, 0.25) is 0 Å². The third kappa shape index (κ3) is 2.16. The zero-order valence-electron chi connectivity index (χ0n) is 11.5. The first-order chi connectivity index (χ1) is 9.70. The van der Waals surface area contributed by atoms with Crippen molar-refractivity contribution >= 4 is 16.8 Å². The Labute approximate surface area is 118 Å². The van der Waals surface area contributed by atoms with E-state index >= 15 is 0 Å². The number of aromatic nitrogens is 1. The van der Waals surface area contributed by atoms with Gasteiger partial charge in [0.05, 0.1) is 23.7 Å². The maximum absolute atomic E-state index is 12.8. The van der Waals surface area contributed by atoms with Gasteiger partial charge >= 0.3 is 0 Å². The summed E-state index contributed by atoms with van der Waals surface area (Å²) in [6.45, 7) is 2.66. The second kappa shape index (κ2) is 5.21. The lowest BCUT2D eigenvalue weighted by Crippen LogP contribution is -2.37. The number of aliphatic hydroxyl groups excluding tert-OH is 1. The number of pyridine rings is 1. The second-order valence-corrected chi connectivity index (χ2v) is 5.31. The number of aliphatic hydroxyl groups is 1. The van der Waals surface area contributed by atoms with Crippen LogP contribution in [0.15, 0.2) is 30.3 Å². The number of hydrogen-bond donors (Lipinski definition) is 1. The second-order valence-electron chi connectivity index (χ2n) is 5.31. The Morgan fingerprint density at radius 1 is 1.45 bits per heavy atom. The summed E-state index contributed by atoms with van der Waals surface area (Å²) in [4.78, 5) is 19.0. The van der Waals surface area contributed by atoms with Gasteiger partial charge in [-0.3, -0.25) is 9.78 Å². The van der Waals surface area contributed by atoms with Crippen LogP contribution in [-0.2, 0) is 0 Å². The van der Waals surface area contributed by atoms with E-state index < -0.39 is 0 Å². The maximum atomic E-state index is 12.8.